The van der Waals surface area contributed by atoms with Gasteiger partial charge in [0.1, 0.15) is 0 Å². The van der Waals surface area contributed by atoms with Gasteiger partial charge in [-0.3, -0.25) is 9.69 Å². The molecule has 140 valence electrons. The predicted octanol–water partition coefficient (Wildman–Crippen LogP) is 3.01. The van der Waals surface area contributed by atoms with E-state index in [0.29, 0.717) is 12.0 Å². The van der Waals surface area contributed by atoms with Crippen LogP contribution in [0.1, 0.15) is 23.1 Å². The lowest BCUT2D eigenvalue weighted by molar-refractivity contribution is -0.116. The van der Waals surface area contributed by atoms with E-state index in [0.717, 1.165) is 45.0 Å². The number of benzene rings is 2. The lowest BCUT2D eigenvalue weighted by Gasteiger charge is -2.34. The molecule has 0 atom stereocenters. The standard InChI is InChI=1S/C22H26N4O/c1-18-3-2-4-20(15-18)17-26-13-11-25(12-14-26)10-9-22(27)24-21-7-5-19(16-23)6-8-21/h2-8,15H,9-14,17H2,1H3,(H,24,27). The van der Waals surface area contributed by atoms with Crippen molar-refractivity contribution < 1.29 is 4.79 Å². The van der Waals surface area contributed by atoms with Crippen LogP contribution in [0.5, 0.6) is 0 Å². The summed E-state index contributed by atoms with van der Waals surface area (Å²) in [4.78, 5) is 17.0. The second-order valence-electron chi connectivity index (χ2n) is 7.09. The van der Waals surface area contributed by atoms with Crippen LogP contribution >= 0.6 is 0 Å². The topological polar surface area (TPSA) is 59.4 Å². The van der Waals surface area contributed by atoms with Gasteiger partial charge in [-0.15, -0.1) is 0 Å². The van der Waals surface area contributed by atoms with Crippen molar-refractivity contribution in [1.29, 1.82) is 5.26 Å². The zero-order chi connectivity index (χ0) is 19.1. The van der Waals surface area contributed by atoms with Gasteiger partial charge in [-0.05, 0) is 36.8 Å². The molecule has 0 saturated carbocycles. The van der Waals surface area contributed by atoms with E-state index in [-0.39, 0.29) is 5.91 Å². The molecule has 1 heterocycles. The molecule has 0 aromatic heterocycles. The summed E-state index contributed by atoms with van der Waals surface area (Å²) < 4.78 is 0. The number of aryl methyl sites for hydroxylation is 1. The molecule has 0 aliphatic carbocycles. The molecule has 2 aromatic carbocycles. The Kier molecular flexibility index (Phi) is 6.59. The normalized spacial score (nSPS) is 15.3. The van der Waals surface area contributed by atoms with Crippen LogP contribution in [0, 0.1) is 18.3 Å². The third-order valence-corrected chi connectivity index (χ3v) is 4.91. The summed E-state index contributed by atoms with van der Waals surface area (Å²) >= 11 is 0. The fourth-order valence-corrected chi connectivity index (χ4v) is 3.35. The van der Waals surface area contributed by atoms with E-state index in [1.165, 1.54) is 11.1 Å². The molecule has 1 fully saturated rings. The zero-order valence-corrected chi connectivity index (χ0v) is 15.8. The van der Waals surface area contributed by atoms with Crippen molar-refractivity contribution in [3.05, 3.63) is 65.2 Å². The number of nitrogens with zero attached hydrogens (tertiary/aromatic N) is 3. The molecule has 1 N–H and O–H groups in total. The summed E-state index contributed by atoms with van der Waals surface area (Å²) in [7, 11) is 0. The highest BCUT2D eigenvalue weighted by molar-refractivity contribution is 5.90. The fourth-order valence-electron chi connectivity index (χ4n) is 3.35. The van der Waals surface area contributed by atoms with Gasteiger partial charge in [0.15, 0.2) is 0 Å². The Bertz CT molecular complexity index is 802. The average molecular weight is 362 g/mol. The van der Waals surface area contributed by atoms with Gasteiger partial charge in [0.2, 0.25) is 5.91 Å². The first-order chi connectivity index (χ1) is 13.1. The lowest BCUT2D eigenvalue weighted by atomic mass is 10.1. The number of hydrogen-bond donors (Lipinski definition) is 1. The van der Waals surface area contributed by atoms with E-state index in [1.54, 1.807) is 24.3 Å². The van der Waals surface area contributed by atoms with E-state index in [4.69, 9.17) is 5.26 Å². The minimum atomic E-state index is 0.0156. The van der Waals surface area contributed by atoms with Crippen molar-refractivity contribution in [2.45, 2.75) is 19.9 Å². The number of nitrogens with one attached hydrogen (secondary N) is 1. The number of hydrogen-bond acceptors (Lipinski definition) is 4. The van der Waals surface area contributed by atoms with Crippen LogP contribution in [0.15, 0.2) is 48.5 Å². The molecule has 5 nitrogen and oxygen atoms in total. The SMILES string of the molecule is Cc1cccc(CN2CCN(CCC(=O)Nc3ccc(C#N)cc3)CC2)c1. The summed E-state index contributed by atoms with van der Waals surface area (Å²) in [5.74, 6) is 0.0156. The minimum Gasteiger partial charge on any atom is -0.326 e. The van der Waals surface area contributed by atoms with Crippen LogP contribution in [-0.4, -0.2) is 48.4 Å². The molecule has 0 radical (unpaired) electrons. The highest BCUT2D eigenvalue weighted by atomic mass is 16.1. The van der Waals surface area contributed by atoms with Crippen LogP contribution < -0.4 is 5.32 Å². The largest absolute Gasteiger partial charge is 0.326 e. The predicted molar refractivity (Wildman–Crippen MR) is 107 cm³/mol. The summed E-state index contributed by atoms with van der Waals surface area (Å²) in [5.41, 5.74) is 4.00. The number of rotatable bonds is 6. The third-order valence-electron chi connectivity index (χ3n) is 4.91. The molecule has 27 heavy (non-hydrogen) atoms. The van der Waals surface area contributed by atoms with E-state index in [2.05, 4.69) is 52.4 Å². The van der Waals surface area contributed by atoms with Gasteiger partial charge in [0, 0.05) is 51.4 Å². The Balaban J connectivity index is 1.37. The third kappa shape index (κ3) is 5.92. The first kappa shape index (κ1) is 19.1. The van der Waals surface area contributed by atoms with E-state index in [9.17, 15) is 4.79 Å². The van der Waals surface area contributed by atoms with Gasteiger partial charge in [0.25, 0.3) is 0 Å². The van der Waals surface area contributed by atoms with Gasteiger partial charge in [-0.1, -0.05) is 29.8 Å². The Labute approximate surface area is 161 Å². The number of anilines is 1. The van der Waals surface area contributed by atoms with Crippen molar-refractivity contribution in [2.24, 2.45) is 0 Å². The number of carbonyl (C=O) groups is 1. The number of amides is 1. The van der Waals surface area contributed by atoms with Crippen LogP contribution in [0.4, 0.5) is 5.69 Å². The quantitative estimate of drug-likeness (QED) is 0.858. The van der Waals surface area contributed by atoms with Crippen LogP contribution in [0.25, 0.3) is 0 Å². The Hall–Kier alpha value is -2.68. The average Bonchev–Trinajstić information content (AvgIpc) is 2.68. The number of carbonyl (C=O) groups excluding carboxylic acids is 1. The molecule has 0 unspecified atom stereocenters. The summed E-state index contributed by atoms with van der Waals surface area (Å²) in [6, 6.07) is 17.7. The molecule has 1 amide bonds. The Morgan fingerprint density at radius 2 is 1.78 bits per heavy atom. The first-order valence-electron chi connectivity index (χ1n) is 9.42. The lowest BCUT2D eigenvalue weighted by Crippen LogP contribution is -2.46. The number of piperazine rings is 1. The second kappa shape index (κ2) is 9.31. The van der Waals surface area contributed by atoms with Gasteiger partial charge in [-0.2, -0.15) is 5.26 Å². The Morgan fingerprint density at radius 1 is 1.07 bits per heavy atom. The molecule has 1 saturated heterocycles. The number of nitriles is 1. The molecule has 2 aromatic rings. The molecular formula is C22H26N4O. The van der Waals surface area contributed by atoms with Gasteiger partial charge < -0.3 is 10.2 Å². The second-order valence-corrected chi connectivity index (χ2v) is 7.09. The molecular weight excluding hydrogens is 336 g/mol. The van der Waals surface area contributed by atoms with Gasteiger partial charge in [-0.25, -0.2) is 0 Å². The van der Waals surface area contributed by atoms with E-state index in [1.807, 2.05) is 0 Å². The maximum absolute atomic E-state index is 12.1. The Morgan fingerprint density at radius 3 is 2.44 bits per heavy atom. The maximum Gasteiger partial charge on any atom is 0.225 e. The van der Waals surface area contributed by atoms with Crippen molar-refractivity contribution in [1.82, 2.24) is 9.80 Å². The molecule has 0 bridgehead atoms. The highest BCUT2D eigenvalue weighted by Crippen LogP contribution is 2.12. The molecule has 1 aliphatic rings. The van der Waals surface area contributed by atoms with Crippen molar-refractivity contribution in [2.75, 3.05) is 38.0 Å². The van der Waals surface area contributed by atoms with Crippen molar-refractivity contribution in [3.63, 3.8) is 0 Å². The van der Waals surface area contributed by atoms with Crippen molar-refractivity contribution in [3.8, 4) is 6.07 Å². The van der Waals surface area contributed by atoms with E-state index < -0.39 is 0 Å². The van der Waals surface area contributed by atoms with E-state index >= 15 is 0 Å². The van der Waals surface area contributed by atoms with Crippen LogP contribution in [-0.2, 0) is 11.3 Å². The van der Waals surface area contributed by atoms with Gasteiger partial charge in [0.05, 0.1) is 11.6 Å². The summed E-state index contributed by atoms with van der Waals surface area (Å²) in [5, 5.41) is 11.7. The smallest absolute Gasteiger partial charge is 0.225 e. The maximum atomic E-state index is 12.1. The van der Waals surface area contributed by atoms with Crippen LogP contribution in [0.3, 0.4) is 0 Å². The molecule has 5 heteroatoms. The molecule has 3 rings (SSSR count). The fraction of sp³-hybridized carbons (Fsp3) is 0.364. The molecule has 0 spiro atoms. The van der Waals surface area contributed by atoms with Crippen molar-refractivity contribution >= 4 is 11.6 Å². The summed E-state index contributed by atoms with van der Waals surface area (Å²) in [6.07, 6.45) is 0.484. The first-order valence-corrected chi connectivity index (χ1v) is 9.42. The minimum absolute atomic E-state index is 0.0156. The van der Waals surface area contributed by atoms with Crippen LogP contribution in [0.2, 0.25) is 0 Å². The zero-order valence-electron chi connectivity index (χ0n) is 15.8. The van der Waals surface area contributed by atoms with Gasteiger partial charge >= 0.3 is 0 Å². The summed E-state index contributed by atoms with van der Waals surface area (Å²) in [6.45, 7) is 7.96. The molecule has 1 aliphatic heterocycles. The highest BCUT2D eigenvalue weighted by Gasteiger charge is 2.17. The monoisotopic (exact) mass is 362 g/mol.